The first-order chi connectivity index (χ1) is 10.3. The van der Waals surface area contributed by atoms with Gasteiger partial charge in [0.25, 0.3) is 0 Å². The molecule has 0 radical (unpaired) electrons. The van der Waals surface area contributed by atoms with Gasteiger partial charge in [0, 0.05) is 23.5 Å². The van der Waals surface area contributed by atoms with Crippen molar-refractivity contribution < 1.29 is 0 Å². The fourth-order valence-electron chi connectivity index (χ4n) is 3.96. The molecule has 4 atom stereocenters. The van der Waals surface area contributed by atoms with Gasteiger partial charge in [-0.2, -0.15) is 5.10 Å². The maximum atomic E-state index is 4.03. The molecule has 2 aliphatic rings. The second-order valence-corrected chi connectivity index (χ2v) is 6.43. The number of hydrogen-bond acceptors (Lipinski definition) is 2. The van der Waals surface area contributed by atoms with Crippen molar-refractivity contribution in [1.82, 2.24) is 10.2 Å². The Morgan fingerprint density at radius 2 is 2.19 bits per heavy atom. The highest BCUT2D eigenvalue weighted by Gasteiger charge is 2.38. The van der Waals surface area contributed by atoms with E-state index in [2.05, 4.69) is 58.9 Å². The fourth-order valence-corrected chi connectivity index (χ4v) is 3.96. The Kier molecular flexibility index (Phi) is 3.06. The first-order valence-corrected chi connectivity index (χ1v) is 7.84. The number of fused-ring (bicyclic) bond motifs is 2. The standard InChI is InChI=1S/C18H21N3/c1-12(17-10-13-5-6-14(17)9-13)20-16-4-2-3-15(11-16)18-7-8-19-21-18/h2-8,11-14,17,20H,9-10H2,1H3,(H,19,21). The Hall–Kier alpha value is -2.03. The molecule has 21 heavy (non-hydrogen) atoms. The van der Waals surface area contributed by atoms with Gasteiger partial charge in [-0.3, -0.25) is 5.10 Å². The summed E-state index contributed by atoms with van der Waals surface area (Å²) in [7, 11) is 0. The van der Waals surface area contributed by atoms with Gasteiger partial charge in [0.2, 0.25) is 0 Å². The molecule has 4 unspecified atom stereocenters. The summed E-state index contributed by atoms with van der Waals surface area (Å²) in [6.07, 6.45) is 9.34. The molecule has 0 spiro atoms. The smallest absolute Gasteiger partial charge is 0.0650 e. The van der Waals surface area contributed by atoms with Crippen LogP contribution in [0.3, 0.4) is 0 Å². The molecule has 0 saturated heterocycles. The minimum atomic E-state index is 0.516. The summed E-state index contributed by atoms with van der Waals surface area (Å²) in [6, 6.07) is 11.1. The molecular formula is C18H21N3. The van der Waals surface area contributed by atoms with Crippen molar-refractivity contribution in [3.05, 3.63) is 48.7 Å². The molecule has 0 aliphatic heterocycles. The van der Waals surface area contributed by atoms with E-state index in [0.29, 0.717) is 6.04 Å². The topological polar surface area (TPSA) is 40.7 Å². The van der Waals surface area contributed by atoms with Crippen molar-refractivity contribution in [3.63, 3.8) is 0 Å². The molecule has 4 rings (SSSR count). The summed E-state index contributed by atoms with van der Waals surface area (Å²) < 4.78 is 0. The zero-order valence-corrected chi connectivity index (χ0v) is 12.3. The van der Waals surface area contributed by atoms with E-state index in [4.69, 9.17) is 0 Å². The fraction of sp³-hybridized carbons (Fsp3) is 0.389. The van der Waals surface area contributed by atoms with Crippen molar-refractivity contribution in [3.8, 4) is 11.3 Å². The Balaban J connectivity index is 1.49. The third-order valence-corrected chi connectivity index (χ3v) is 5.04. The molecule has 1 aromatic carbocycles. The molecule has 3 nitrogen and oxygen atoms in total. The van der Waals surface area contributed by atoms with Crippen LogP contribution in [0, 0.1) is 17.8 Å². The van der Waals surface area contributed by atoms with E-state index in [-0.39, 0.29) is 0 Å². The molecule has 108 valence electrons. The number of aromatic nitrogens is 2. The lowest BCUT2D eigenvalue weighted by molar-refractivity contribution is 0.400. The number of aromatic amines is 1. The van der Waals surface area contributed by atoms with Crippen molar-refractivity contribution >= 4 is 5.69 Å². The summed E-state index contributed by atoms with van der Waals surface area (Å²) in [6.45, 7) is 2.32. The van der Waals surface area contributed by atoms with Crippen LogP contribution in [0.15, 0.2) is 48.7 Å². The first-order valence-electron chi connectivity index (χ1n) is 7.84. The number of rotatable bonds is 4. The van der Waals surface area contributed by atoms with Crippen LogP contribution in [0.25, 0.3) is 11.3 Å². The van der Waals surface area contributed by atoms with Crippen LogP contribution < -0.4 is 5.32 Å². The maximum Gasteiger partial charge on any atom is 0.0650 e. The molecule has 0 amide bonds. The summed E-state index contributed by atoms with van der Waals surface area (Å²) >= 11 is 0. The lowest BCUT2D eigenvalue weighted by Crippen LogP contribution is -2.28. The van der Waals surface area contributed by atoms with Crippen LogP contribution in [0.2, 0.25) is 0 Å². The number of anilines is 1. The lowest BCUT2D eigenvalue weighted by atomic mass is 9.87. The largest absolute Gasteiger partial charge is 0.382 e. The van der Waals surface area contributed by atoms with E-state index in [1.807, 2.05) is 6.07 Å². The van der Waals surface area contributed by atoms with Crippen LogP contribution in [0.5, 0.6) is 0 Å². The number of hydrogen-bond donors (Lipinski definition) is 2. The van der Waals surface area contributed by atoms with Crippen LogP contribution in [-0.4, -0.2) is 16.2 Å². The highest BCUT2D eigenvalue weighted by Crippen LogP contribution is 2.45. The van der Waals surface area contributed by atoms with Crippen LogP contribution in [0.1, 0.15) is 19.8 Å². The first kappa shape index (κ1) is 12.7. The third kappa shape index (κ3) is 2.37. The van der Waals surface area contributed by atoms with Crippen molar-refractivity contribution in [2.24, 2.45) is 17.8 Å². The third-order valence-electron chi connectivity index (χ3n) is 5.04. The van der Waals surface area contributed by atoms with E-state index < -0.39 is 0 Å². The Bertz CT molecular complexity index is 644. The summed E-state index contributed by atoms with van der Waals surface area (Å²) in [5, 5.41) is 10.8. The quantitative estimate of drug-likeness (QED) is 0.828. The minimum absolute atomic E-state index is 0.516. The zero-order chi connectivity index (χ0) is 14.2. The summed E-state index contributed by atoms with van der Waals surface area (Å²) in [4.78, 5) is 0. The average Bonchev–Trinajstić information content (AvgIpc) is 3.24. The van der Waals surface area contributed by atoms with E-state index in [0.717, 1.165) is 23.4 Å². The molecular weight excluding hydrogens is 258 g/mol. The van der Waals surface area contributed by atoms with E-state index >= 15 is 0 Å². The van der Waals surface area contributed by atoms with Crippen molar-refractivity contribution in [2.75, 3.05) is 5.32 Å². The number of H-pyrrole nitrogens is 1. The average molecular weight is 279 g/mol. The molecule has 1 fully saturated rings. The van der Waals surface area contributed by atoms with Gasteiger partial charge in [-0.15, -0.1) is 0 Å². The van der Waals surface area contributed by atoms with E-state index in [1.54, 1.807) is 6.20 Å². The molecule has 1 heterocycles. The van der Waals surface area contributed by atoms with Crippen molar-refractivity contribution in [2.45, 2.75) is 25.8 Å². The molecule has 1 aromatic heterocycles. The normalized spacial score (nSPS) is 28.0. The second kappa shape index (κ2) is 5.06. The molecule has 2 bridgehead atoms. The van der Waals surface area contributed by atoms with Gasteiger partial charge in [-0.25, -0.2) is 0 Å². The Morgan fingerprint density at radius 3 is 2.90 bits per heavy atom. The predicted molar refractivity (Wildman–Crippen MR) is 86.0 cm³/mol. The number of allylic oxidation sites excluding steroid dienone is 2. The van der Waals surface area contributed by atoms with Crippen LogP contribution >= 0.6 is 0 Å². The van der Waals surface area contributed by atoms with Gasteiger partial charge in [0.1, 0.15) is 0 Å². The van der Waals surface area contributed by atoms with Gasteiger partial charge >= 0.3 is 0 Å². The van der Waals surface area contributed by atoms with Gasteiger partial charge in [0.15, 0.2) is 0 Å². The van der Waals surface area contributed by atoms with E-state index in [9.17, 15) is 0 Å². The summed E-state index contributed by atoms with van der Waals surface area (Å²) in [5.74, 6) is 2.39. The predicted octanol–water partition coefficient (Wildman–Crippen LogP) is 4.09. The monoisotopic (exact) mass is 279 g/mol. The van der Waals surface area contributed by atoms with Gasteiger partial charge in [-0.05, 0) is 55.7 Å². The molecule has 2 N–H and O–H groups in total. The van der Waals surface area contributed by atoms with Gasteiger partial charge in [0.05, 0.1) is 5.69 Å². The number of nitrogens with zero attached hydrogens (tertiary/aromatic N) is 1. The minimum Gasteiger partial charge on any atom is -0.382 e. The van der Waals surface area contributed by atoms with Crippen molar-refractivity contribution in [1.29, 1.82) is 0 Å². The van der Waals surface area contributed by atoms with Crippen LogP contribution in [0.4, 0.5) is 5.69 Å². The second-order valence-electron chi connectivity index (χ2n) is 6.43. The van der Waals surface area contributed by atoms with Crippen LogP contribution in [-0.2, 0) is 0 Å². The van der Waals surface area contributed by atoms with Gasteiger partial charge in [-0.1, -0.05) is 24.3 Å². The number of benzene rings is 1. The highest BCUT2D eigenvalue weighted by molar-refractivity contribution is 5.64. The lowest BCUT2D eigenvalue weighted by Gasteiger charge is -2.27. The van der Waals surface area contributed by atoms with E-state index in [1.165, 1.54) is 24.1 Å². The molecule has 1 saturated carbocycles. The molecule has 3 heteroatoms. The van der Waals surface area contributed by atoms with Gasteiger partial charge < -0.3 is 5.32 Å². The maximum absolute atomic E-state index is 4.03. The zero-order valence-electron chi connectivity index (χ0n) is 12.3. The Labute approximate surface area is 125 Å². The highest BCUT2D eigenvalue weighted by atomic mass is 15.1. The molecule has 2 aromatic rings. The Morgan fingerprint density at radius 1 is 1.24 bits per heavy atom. The SMILES string of the molecule is CC(Nc1cccc(-c2ccn[nH]2)c1)C1CC2C=CC1C2. The number of nitrogens with one attached hydrogen (secondary N) is 2. The summed E-state index contributed by atoms with van der Waals surface area (Å²) in [5.41, 5.74) is 3.44. The molecule has 2 aliphatic carbocycles.